The number of nitrogens with zero attached hydrogens (tertiary/aromatic N) is 3. The Morgan fingerprint density at radius 2 is 2.00 bits per heavy atom. The number of H-pyrrole nitrogens is 1. The van der Waals surface area contributed by atoms with Crippen LogP contribution in [0.5, 0.6) is 0 Å². The molecule has 21 heavy (non-hydrogen) atoms. The Morgan fingerprint density at radius 1 is 1.19 bits per heavy atom. The Balaban J connectivity index is 1.57. The minimum absolute atomic E-state index is 0.567. The van der Waals surface area contributed by atoms with Crippen molar-refractivity contribution in [1.29, 1.82) is 0 Å². The second-order valence-electron chi connectivity index (χ2n) is 5.37. The van der Waals surface area contributed by atoms with E-state index in [0.717, 1.165) is 28.6 Å². The van der Waals surface area contributed by atoms with Crippen molar-refractivity contribution < 1.29 is 0 Å². The van der Waals surface area contributed by atoms with Gasteiger partial charge in [0.15, 0.2) is 0 Å². The molecule has 0 spiro atoms. The van der Waals surface area contributed by atoms with Gasteiger partial charge >= 0.3 is 0 Å². The predicted octanol–water partition coefficient (Wildman–Crippen LogP) is 3.17. The molecule has 0 bridgehead atoms. The van der Waals surface area contributed by atoms with Gasteiger partial charge in [-0.3, -0.25) is 0 Å². The van der Waals surface area contributed by atoms with Gasteiger partial charge in [-0.1, -0.05) is 11.6 Å². The Morgan fingerprint density at radius 3 is 2.76 bits per heavy atom. The van der Waals surface area contributed by atoms with E-state index in [9.17, 15) is 0 Å². The molecule has 106 valence electrons. The van der Waals surface area contributed by atoms with Gasteiger partial charge < -0.3 is 10.3 Å². The summed E-state index contributed by atoms with van der Waals surface area (Å²) < 4.78 is 0. The van der Waals surface area contributed by atoms with Gasteiger partial charge in [-0.05, 0) is 30.0 Å². The molecule has 0 aromatic carbocycles. The molecule has 0 atom stereocenters. The third-order valence-electron chi connectivity index (χ3n) is 3.59. The van der Waals surface area contributed by atoms with Crippen molar-refractivity contribution in [2.75, 3.05) is 5.32 Å². The monoisotopic (exact) mass is 299 g/mol. The number of aromatic amines is 1. The minimum Gasteiger partial charge on any atom is -0.351 e. The smallest absolute Gasteiger partial charge is 0.222 e. The van der Waals surface area contributed by atoms with E-state index in [1.807, 2.05) is 24.7 Å². The fraction of sp³-hybridized carbons (Fsp3) is 0.267. The van der Waals surface area contributed by atoms with E-state index in [1.54, 1.807) is 6.20 Å². The Kier molecular flexibility index (Phi) is 3.00. The first kappa shape index (κ1) is 12.6. The Bertz CT molecular complexity index is 776. The van der Waals surface area contributed by atoms with E-state index in [0.29, 0.717) is 17.0 Å². The summed E-state index contributed by atoms with van der Waals surface area (Å²) in [5, 5.41) is 4.97. The molecule has 0 radical (unpaired) electrons. The fourth-order valence-electron chi connectivity index (χ4n) is 2.33. The summed E-state index contributed by atoms with van der Waals surface area (Å²) in [6, 6.07) is 2.50. The summed E-state index contributed by atoms with van der Waals surface area (Å²) in [7, 11) is 0. The quantitative estimate of drug-likeness (QED) is 0.776. The van der Waals surface area contributed by atoms with E-state index in [2.05, 4.69) is 25.3 Å². The van der Waals surface area contributed by atoms with Crippen molar-refractivity contribution in [2.24, 2.45) is 0 Å². The zero-order chi connectivity index (χ0) is 14.2. The SMILES string of the molecule is Clc1cnc2[nH]cc(Cc3cnc(NC4CC4)nc3)c2c1. The highest BCUT2D eigenvalue weighted by molar-refractivity contribution is 6.31. The minimum atomic E-state index is 0.567. The van der Waals surface area contributed by atoms with E-state index in [4.69, 9.17) is 11.6 Å². The van der Waals surface area contributed by atoms with Crippen LogP contribution in [0.1, 0.15) is 24.0 Å². The third kappa shape index (κ3) is 2.69. The number of aromatic nitrogens is 4. The standard InChI is InChI=1S/C15H14ClN5/c16-11-4-13-10(7-17-14(13)18-8-11)3-9-5-19-15(20-6-9)21-12-1-2-12/h4-8,12H,1-3H2,(H,17,18)(H,19,20,21). The topological polar surface area (TPSA) is 66.5 Å². The molecule has 4 rings (SSSR count). The molecule has 0 saturated heterocycles. The summed E-state index contributed by atoms with van der Waals surface area (Å²) in [5.41, 5.74) is 3.06. The highest BCUT2D eigenvalue weighted by atomic mass is 35.5. The van der Waals surface area contributed by atoms with E-state index in [1.165, 1.54) is 12.8 Å². The van der Waals surface area contributed by atoms with Gasteiger partial charge in [0, 0.05) is 42.6 Å². The van der Waals surface area contributed by atoms with Crippen molar-refractivity contribution in [3.05, 3.63) is 47.0 Å². The zero-order valence-corrected chi connectivity index (χ0v) is 12.1. The van der Waals surface area contributed by atoms with Crippen LogP contribution in [0.4, 0.5) is 5.95 Å². The second-order valence-corrected chi connectivity index (χ2v) is 5.81. The second kappa shape index (κ2) is 5.00. The number of pyridine rings is 1. The fourth-order valence-corrected chi connectivity index (χ4v) is 2.49. The Hall–Kier alpha value is -2.14. The van der Waals surface area contributed by atoms with Crippen LogP contribution in [0, 0.1) is 0 Å². The molecule has 5 nitrogen and oxygen atoms in total. The average Bonchev–Trinajstić information content (AvgIpc) is 3.22. The van der Waals surface area contributed by atoms with Gasteiger partial charge in [0.05, 0.1) is 5.02 Å². The molecular weight excluding hydrogens is 286 g/mol. The van der Waals surface area contributed by atoms with Crippen LogP contribution >= 0.6 is 11.6 Å². The van der Waals surface area contributed by atoms with E-state index in [-0.39, 0.29) is 0 Å². The third-order valence-corrected chi connectivity index (χ3v) is 3.80. The average molecular weight is 300 g/mol. The zero-order valence-electron chi connectivity index (χ0n) is 11.3. The molecule has 1 saturated carbocycles. The van der Waals surface area contributed by atoms with Crippen molar-refractivity contribution in [1.82, 2.24) is 19.9 Å². The summed E-state index contributed by atoms with van der Waals surface area (Å²) >= 11 is 6.02. The lowest BCUT2D eigenvalue weighted by molar-refractivity contribution is 1.02. The van der Waals surface area contributed by atoms with Gasteiger partial charge in [-0.15, -0.1) is 0 Å². The number of nitrogens with one attached hydrogen (secondary N) is 2. The lowest BCUT2D eigenvalue weighted by Gasteiger charge is -2.04. The molecule has 0 amide bonds. The van der Waals surface area contributed by atoms with Crippen LogP contribution < -0.4 is 5.32 Å². The number of rotatable bonds is 4. The molecule has 1 fully saturated rings. The van der Waals surface area contributed by atoms with Crippen LogP contribution in [-0.2, 0) is 6.42 Å². The lowest BCUT2D eigenvalue weighted by atomic mass is 10.1. The molecule has 3 heterocycles. The first-order chi connectivity index (χ1) is 10.3. The number of hydrogen-bond donors (Lipinski definition) is 2. The summed E-state index contributed by atoms with van der Waals surface area (Å²) in [4.78, 5) is 16.2. The van der Waals surface area contributed by atoms with Crippen molar-refractivity contribution in [3.8, 4) is 0 Å². The van der Waals surface area contributed by atoms with Gasteiger partial charge in [-0.2, -0.15) is 0 Å². The first-order valence-electron chi connectivity index (χ1n) is 6.97. The number of anilines is 1. The largest absolute Gasteiger partial charge is 0.351 e. The maximum Gasteiger partial charge on any atom is 0.222 e. The molecule has 1 aliphatic carbocycles. The van der Waals surface area contributed by atoms with Crippen LogP contribution in [0.2, 0.25) is 5.02 Å². The lowest BCUT2D eigenvalue weighted by Crippen LogP contribution is -2.05. The first-order valence-corrected chi connectivity index (χ1v) is 7.35. The van der Waals surface area contributed by atoms with Crippen molar-refractivity contribution in [3.63, 3.8) is 0 Å². The maximum absolute atomic E-state index is 6.02. The van der Waals surface area contributed by atoms with Crippen LogP contribution in [0.15, 0.2) is 30.9 Å². The molecule has 0 aliphatic heterocycles. The molecule has 1 aliphatic rings. The van der Waals surface area contributed by atoms with Crippen molar-refractivity contribution >= 4 is 28.6 Å². The normalized spacial score (nSPS) is 14.5. The Labute approximate surface area is 126 Å². The van der Waals surface area contributed by atoms with Gasteiger partial charge in [0.25, 0.3) is 0 Å². The van der Waals surface area contributed by atoms with Gasteiger partial charge in [-0.25, -0.2) is 15.0 Å². The number of hydrogen-bond acceptors (Lipinski definition) is 4. The van der Waals surface area contributed by atoms with Gasteiger partial charge in [0.1, 0.15) is 5.65 Å². The highest BCUT2D eigenvalue weighted by Crippen LogP contribution is 2.24. The predicted molar refractivity (Wildman–Crippen MR) is 82.6 cm³/mol. The summed E-state index contributed by atoms with van der Waals surface area (Å²) in [6.45, 7) is 0. The van der Waals surface area contributed by atoms with Crippen molar-refractivity contribution in [2.45, 2.75) is 25.3 Å². The van der Waals surface area contributed by atoms with E-state index < -0.39 is 0 Å². The molecule has 2 N–H and O–H groups in total. The van der Waals surface area contributed by atoms with Crippen LogP contribution in [-0.4, -0.2) is 26.0 Å². The summed E-state index contributed by atoms with van der Waals surface area (Å²) in [5.74, 6) is 0.713. The molecular formula is C15H14ClN5. The molecule has 3 aromatic heterocycles. The molecule has 3 aromatic rings. The maximum atomic E-state index is 6.02. The van der Waals surface area contributed by atoms with Crippen LogP contribution in [0.3, 0.4) is 0 Å². The number of halogens is 1. The van der Waals surface area contributed by atoms with E-state index >= 15 is 0 Å². The summed E-state index contributed by atoms with van der Waals surface area (Å²) in [6.07, 6.45) is 10.5. The number of fused-ring (bicyclic) bond motifs is 1. The molecule has 0 unspecified atom stereocenters. The van der Waals surface area contributed by atoms with Crippen LogP contribution in [0.25, 0.3) is 11.0 Å². The van der Waals surface area contributed by atoms with Gasteiger partial charge in [0.2, 0.25) is 5.95 Å². The highest BCUT2D eigenvalue weighted by Gasteiger charge is 2.21. The molecule has 6 heteroatoms.